The van der Waals surface area contributed by atoms with E-state index in [1.54, 1.807) is 22.8 Å². The third-order valence-electron chi connectivity index (χ3n) is 3.76. The molecule has 1 saturated heterocycles. The quantitative estimate of drug-likeness (QED) is 0.841. The highest BCUT2D eigenvalue weighted by Gasteiger charge is 2.25. The van der Waals surface area contributed by atoms with E-state index in [4.69, 9.17) is 0 Å². The molecule has 5 heteroatoms. The molecular weight excluding hydrogens is 230 g/mol. The maximum atomic E-state index is 12.0. The van der Waals surface area contributed by atoms with Gasteiger partial charge in [-0.1, -0.05) is 6.92 Å². The normalized spacial score (nSPS) is 20.8. The number of phenols is 1. The van der Waals surface area contributed by atoms with E-state index in [0.29, 0.717) is 0 Å². The highest BCUT2D eigenvalue weighted by molar-refractivity contribution is 5.77. The van der Waals surface area contributed by atoms with Crippen molar-refractivity contribution < 1.29 is 5.11 Å². The van der Waals surface area contributed by atoms with Gasteiger partial charge < -0.3 is 15.0 Å². The summed E-state index contributed by atoms with van der Waals surface area (Å²) >= 11 is 0. The van der Waals surface area contributed by atoms with Gasteiger partial charge in [0, 0.05) is 19.2 Å². The number of likely N-dealkylation sites (tertiary alicyclic amines) is 1. The molecule has 3 rings (SSSR count). The van der Waals surface area contributed by atoms with Crippen molar-refractivity contribution in [1.29, 1.82) is 0 Å². The smallest absolute Gasteiger partial charge is 0.326 e. The largest absolute Gasteiger partial charge is 0.508 e. The highest BCUT2D eigenvalue weighted by atomic mass is 16.3. The highest BCUT2D eigenvalue weighted by Crippen LogP contribution is 2.25. The standard InChI is InChI=1S/C13H17N3O2/c1-2-15-6-5-9(8-15)16-12-7-10(17)3-4-11(12)14-13(16)18/h3-4,7,9,17H,2,5-6,8H2,1H3,(H,14,18). The average molecular weight is 247 g/mol. The summed E-state index contributed by atoms with van der Waals surface area (Å²) in [4.78, 5) is 17.2. The minimum absolute atomic E-state index is 0.0847. The Labute approximate surface area is 105 Å². The van der Waals surface area contributed by atoms with E-state index in [1.165, 1.54) is 0 Å². The summed E-state index contributed by atoms with van der Waals surface area (Å²) in [7, 11) is 0. The van der Waals surface area contributed by atoms with Gasteiger partial charge in [0.05, 0.1) is 17.1 Å². The molecule has 2 heterocycles. The topological polar surface area (TPSA) is 61.3 Å². The molecule has 96 valence electrons. The summed E-state index contributed by atoms with van der Waals surface area (Å²) in [6.07, 6.45) is 0.982. The van der Waals surface area contributed by atoms with Crippen molar-refractivity contribution in [3.63, 3.8) is 0 Å². The van der Waals surface area contributed by atoms with Crippen LogP contribution in [-0.2, 0) is 0 Å². The van der Waals surface area contributed by atoms with Crippen molar-refractivity contribution in [2.45, 2.75) is 19.4 Å². The SMILES string of the molecule is CCN1CCC(n2c(=O)[nH]c3ccc(O)cc32)C1. The van der Waals surface area contributed by atoms with Crippen LogP contribution in [0.4, 0.5) is 0 Å². The Morgan fingerprint density at radius 1 is 1.50 bits per heavy atom. The summed E-state index contributed by atoms with van der Waals surface area (Å²) < 4.78 is 1.78. The number of aromatic hydroxyl groups is 1. The van der Waals surface area contributed by atoms with E-state index in [0.717, 1.165) is 37.1 Å². The van der Waals surface area contributed by atoms with Crippen LogP contribution < -0.4 is 5.69 Å². The fraction of sp³-hybridized carbons (Fsp3) is 0.462. The number of likely N-dealkylation sites (N-methyl/N-ethyl adjacent to an activating group) is 1. The number of nitrogens with zero attached hydrogens (tertiary/aromatic N) is 2. The number of imidazole rings is 1. The zero-order chi connectivity index (χ0) is 12.7. The zero-order valence-corrected chi connectivity index (χ0v) is 10.4. The molecule has 0 radical (unpaired) electrons. The first-order chi connectivity index (χ1) is 8.69. The minimum Gasteiger partial charge on any atom is -0.508 e. The van der Waals surface area contributed by atoms with Gasteiger partial charge in [0.25, 0.3) is 0 Å². The Hall–Kier alpha value is -1.75. The monoisotopic (exact) mass is 247 g/mol. The predicted octanol–water partition coefficient (Wildman–Crippen LogP) is 1.30. The lowest BCUT2D eigenvalue weighted by Crippen LogP contribution is -2.26. The summed E-state index contributed by atoms with van der Waals surface area (Å²) in [5.74, 6) is 0.195. The Bertz CT molecular complexity index is 629. The zero-order valence-electron chi connectivity index (χ0n) is 10.4. The molecule has 1 aromatic carbocycles. The lowest BCUT2D eigenvalue weighted by Gasteiger charge is -2.14. The molecule has 0 saturated carbocycles. The number of benzene rings is 1. The van der Waals surface area contributed by atoms with Crippen LogP contribution in [-0.4, -0.2) is 39.2 Å². The molecule has 1 aliphatic rings. The van der Waals surface area contributed by atoms with Gasteiger partial charge in [-0.25, -0.2) is 4.79 Å². The Morgan fingerprint density at radius 2 is 2.33 bits per heavy atom. The Kier molecular flexibility index (Phi) is 2.63. The molecule has 5 nitrogen and oxygen atoms in total. The van der Waals surface area contributed by atoms with E-state index in [9.17, 15) is 9.90 Å². The molecule has 0 bridgehead atoms. The van der Waals surface area contributed by atoms with Crippen molar-refractivity contribution >= 4 is 11.0 Å². The van der Waals surface area contributed by atoms with Crippen molar-refractivity contribution in [2.24, 2.45) is 0 Å². The fourth-order valence-electron chi connectivity index (χ4n) is 2.78. The molecular formula is C13H17N3O2. The first-order valence-corrected chi connectivity index (χ1v) is 6.34. The summed E-state index contributed by atoms with van der Waals surface area (Å²) in [5, 5.41) is 9.57. The lowest BCUT2D eigenvalue weighted by atomic mass is 10.2. The summed E-state index contributed by atoms with van der Waals surface area (Å²) in [6, 6.07) is 5.19. The van der Waals surface area contributed by atoms with Gasteiger partial charge in [-0.05, 0) is 25.1 Å². The third kappa shape index (κ3) is 1.71. The van der Waals surface area contributed by atoms with Gasteiger partial charge >= 0.3 is 5.69 Å². The van der Waals surface area contributed by atoms with Gasteiger partial charge in [0.1, 0.15) is 5.75 Å². The van der Waals surface area contributed by atoms with Crippen molar-refractivity contribution in [1.82, 2.24) is 14.5 Å². The minimum atomic E-state index is -0.0847. The van der Waals surface area contributed by atoms with Gasteiger partial charge in [-0.2, -0.15) is 0 Å². The number of aromatic amines is 1. The number of rotatable bonds is 2. The van der Waals surface area contributed by atoms with Crippen LogP contribution in [0.2, 0.25) is 0 Å². The molecule has 1 unspecified atom stereocenters. The van der Waals surface area contributed by atoms with Crippen molar-refractivity contribution in [3.05, 3.63) is 28.7 Å². The molecule has 0 amide bonds. The van der Waals surface area contributed by atoms with Crippen molar-refractivity contribution in [3.8, 4) is 5.75 Å². The Balaban J connectivity index is 2.08. The molecule has 1 aromatic heterocycles. The Morgan fingerprint density at radius 3 is 3.06 bits per heavy atom. The molecule has 18 heavy (non-hydrogen) atoms. The number of aromatic nitrogens is 2. The number of fused-ring (bicyclic) bond motifs is 1. The molecule has 0 aliphatic carbocycles. The van der Waals surface area contributed by atoms with Crippen LogP contribution in [0.15, 0.2) is 23.0 Å². The molecule has 1 fully saturated rings. The first-order valence-electron chi connectivity index (χ1n) is 6.34. The third-order valence-corrected chi connectivity index (χ3v) is 3.76. The van der Waals surface area contributed by atoms with Crippen molar-refractivity contribution in [2.75, 3.05) is 19.6 Å². The lowest BCUT2D eigenvalue weighted by molar-refractivity contribution is 0.341. The number of H-pyrrole nitrogens is 1. The second kappa shape index (κ2) is 4.17. The maximum absolute atomic E-state index is 12.0. The van der Waals surface area contributed by atoms with Crippen LogP contribution in [0.3, 0.4) is 0 Å². The maximum Gasteiger partial charge on any atom is 0.326 e. The van der Waals surface area contributed by atoms with Gasteiger partial charge in [-0.15, -0.1) is 0 Å². The number of hydrogen-bond donors (Lipinski definition) is 2. The van der Waals surface area contributed by atoms with E-state index in [1.807, 2.05) is 0 Å². The second-order valence-corrected chi connectivity index (χ2v) is 4.84. The second-order valence-electron chi connectivity index (χ2n) is 4.84. The van der Waals surface area contributed by atoms with E-state index in [2.05, 4.69) is 16.8 Å². The summed E-state index contributed by atoms with van der Waals surface area (Å²) in [5.41, 5.74) is 1.49. The van der Waals surface area contributed by atoms with E-state index in [-0.39, 0.29) is 17.5 Å². The molecule has 2 N–H and O–H groups in total. The van der Waals surface area contributed by atoms with Gasteiger partial charge in [-0.3, -0.25) is 4.57 Å². The number of phenolic OH excluding ortho intramolecular Hbond substituents is 1. The number of hydrogen-bond acceptors (Lipinski definition) is 3. The van der Waals surface area contributed by atoms with Crippen LogP contribution in [0, 0.1) is 0 Å². The van der Waals surface area contributed by atoms with E-state index >= 15 is 0 Å². The molecule has 0 spiro atoms. The van der Waals surface area contributed by atoms with Crippen LogP contribution >= 0.6 is 0 Å². The van der Waals surface area contributed by atoms with Crippen LogP contribution in [0.25, 0.3) is 11.0 Å². The first kappa shape index (κ1) is 11.3. The van der Waals surface area contributed by atoms with Gasteiger partial charge in [0.2, 0.25) is 0 Å². The molecule has 1 aliphatic heterocycles. The molecule has 2 aromatic rings. The fourth-order valence-corrected chi connectivity index (χ4v) is 2.78. The molecule has 1 atom stereocenters. The van der Waals surface area contributed by atoms with E-state index < -0.39 is 0 Å². The van der Waals surface area contributed by atoms with Crippen LogP contribution in [0.1, 0.15) is 19.4 Å². The van der Waals surface area contributed by atoms with Crippen LogP contribution in [0.5, 0.6) is 5.75 Å². The predicted molar refractivity (Wildman–Crippen MR) is 70.0 cm³/mol. The number of nitrogens with one attached hydrogen (secondary N) is 1. The summed E-state index contributed by atoms with van der Waals surface area (Å²) in [6.45, 7) is 5.07. The average Bonchev–Trinajstić information content (AvgIpc) is 2.92. The van der Waals surface area contributed by atoms with Gasteiger partial charge in [0.15, 0.2) is 0 Å².